The van der Waals surface area contributed by atoms with Crippen LogP contribution < -0.4 is 20.3 Å². The summed E-state index contributed by atoms with van der Waals surface area (Å²) in [6.45, 7) is 6.96. The van der Waals surface area contributed by atoms with Gasteiger partial charge in [0.1, 0.15) is 5.75 Å². The van der Waals surface area contributed by atoms with Crippen LogP contribution in [0.3, 0.4) is 0 Å². The van der Waals surface area contributed by atoms with Crippen molar-refractivity contribution in [1.82, 2.24) is 10.6 Å². The zero-order valence-electron chi connectivity index (χ0n) is 13.4. The summed E-state index contributed by atoms with van der Waals surface area (Å²) in [5.74, 6) is 0.890. The highest BCUT2D eigenvalue weighted by atomic mass is 16.5. The second-order valence-corrected chi connectivity index (χ2v) is 5.27. The lowest BCUT2D eigenvalue weighted by Crippen LogP contribution is -2.36. The molecule has 1 aromatic rings. The fourth-order valence-corrected chi connectivity index (χ4v) is 2.46. The molecule has 1 saturated heterocycles. The van der Waals surface area contributed by atoms with Gasteiger partial charge in [-0.2, -0.15) is 0 Å². The Kier molecular flexibility index (Phi) is 6.48. The Hall–Kier alpha value is -1.79. The first kappa shape index (κ1) is 16.6. The van der Waals surface area contributed by atoms with Crippen LogP contribution in [0.4, 0.5) is 5.69 Å². The third-order valence-electron chi connectivity index (χ3n) is 3.60. The highest BCUT2D eigenvalue weighted by Crippen LogP contribution is 2.29. The third kappa shape index (κ3) is 4.89. The predicted octanol–water partition coefficient (Wildman–Crippen LogP) is 0.758. The van der Waals surface area contributed by atoms with E-state index >= 15 is 0 Å². The number of ether oxygens (including phenoxy) is 2. The van der Waals surface area contributed by atoms with Gasteiger partial charge in [0.05, 0.1) is 26.0 Å². The minimum absolute atomic E-state index is 0.00154. The van der Waals surface area contributed by atoms with Gasteiger partial charge in [-0.15, -0.1) is 0 Å². The van der Waals surface area contributed by atoms with Crippen molar-refractivity contribution in [3.8, 4) is 5.75 Å². The average Bonchev–Trinajstić information content (AvgIpc) is 2.55. The number of rotatable bonds is 7. The van der Waals surface area contributed by atoms with E-state index in [-0.39, 0.29) is 5.91 Å². The topological polar surface area (TPSA) is 62.8 Å². The van der Waals surface area contributed by atoms with Gasteiger partial charge in [0.2, 0.25) is 5.91 Å². The Labute approximate surface area is 131 Å². The van der Waals surface area contributed by atoms with Crippen LogP contribution in [0, 0.1) is 0 Å². The van der Waals surface area contributed by atoms with Crippen LogP contribution in [0.1, 0.15) is 12.5 Å². The minimum Gasteiger partial charge on any atom is -0.495 e. The molecule has 0 atom stereocenters. The number of carbonyl (C=O) groups is 1. The quantitative estimate of drug-likeness (QED) is 0.728. The van der Waals surface area contributed by atoms with Crippen molar-refractivity contribution in [3.63, 3.8) is 0 Å². The van der Waals surface area contributed by atoms with Crippen LogP contribution in [-0.2, 0) is 16.1 Å². The second-order valence-electron chi connectivity index (χ2n) is 5.27. The van der Waals surface area contributed by atoms with Crippen molar-refractivity contribution in [2.24, 2.45) is 0 Å². The summed E-state index contributed by atoms with van der Waals surface area (Å²) >= 11 is 0. The minimum atomic E-state index is -0.00154. The Morgan fingerprint density at radius 2 is 2.09 bits per heavy atom. The molecule has 1 fully saturated rings. The van der Waals surface area contributed by atoms with Crippen LogP contribution >= 0.6 is 0 Å². The molecule has 2 rings (SSSR count). The first-order valence-corrected chi connectivity index (χ1v) is 7.65. The zero-order valence-corrected chi connectivity index (χ0v) is 13.4. The SMILES string of the molecule is COc1cc(CNCCNC(C)=O)ccc1N1CCOCC1. The summed E-state index contributed by atoms with van der Waals surface area (Å²) in [4.78, 5) is 13.1. The van der Waals surface area contributed by atoms with Gasteiger partial charge in [-0.05, 0) is 17.7 Å². The first-order valence-electron chi connectivity index (χ1n) is 7.65. The summed E-state index contributed by atoms with van der Waals surface area (Å²) in [5.41, 5.74) is 2.28. The maximum Gasteiger partial charge on any atom is 0.216 e. The van der Waals surface area contributed by atoms with E-state index < -0.39 is 0 Å². The van der Waals surface area contributed by atoms with E-state index in [2.05, 4.69) is 33.7 Å². The van der Waals surface area contributed by atoms with Crippen molar-refractivity contribution in [2.45, 2.75) is 13.5 Å². The van der Waals surface area contributed by atoms with Crippen LogP contribution in [0.5, 0.6) is 5.75 Å². The normalized spacial score (nSPS) is 14.7. The number of nitrogens with zero attached hydrogens (tertiary/aromatic N) is 1. The van der Waals surface area contributed by atoms with Crippen LogP contribution in [-0.4, -0.2) is 52.4 Å². The van der Waals surface area contributed by atoms with E-state index in [1.165, 1.54) is 6.92 Å². The molecule has 6 nitrogen and oxygen atoms in total. The molecular weight excluding hydrogens is 282 g/mol. The number of methoxy groups -OCH3 is 1. The maximum absolute atomic E-state index is 10.8. The molecule has 0 aromatic heterocycles. The van der Waals surface area contributed by atoms with E-state index in [9.17, 15) is 4.79 Å². The smallest absolute Gasteiger partial charge is 0.216 e. The number of anilines is 1. The van der Waals surface area contributed by atoms with Crippen molar-refractivity contribution < 1.29 is 14.3 Å². The molecule has 0 spiro atoms. The Bertz CT molecular complexity index is 488. The predicted molar refractivity (Wildman–Crippen MR) is 86.4 cm³/mol. The maximum atomic E-state index is 10.8. The van der Waals surface area contributed by atoms with E-state index in [0.29, 0.717) is 6.54 Å². The molecule has 122 valence electrons. The van der Waals surface area contributed by atoms with Gasteiger partial charge in [-0.25, -0.2) is 0 Å². The molecule has 6 heteroatoms. The van der Waals surface area contributed by atoms with E-state index in [1.807, 2.05) is 0 Å². The number of hydrogen-bond acceptors (Lipinski definition) is 5. The fraction of sp³-hybridized carbons (Fsp3) is 0.562. The molecule has 0 unspecified atom stereocenters. The van der Waals surface area contributed by atoms with E-state index in [0.717, 1.165) is 56.4 Å². The van der Waals surface area contributed by atoms with Crippen molar-refractivity contribution in [1.29, 1.82) is 0 Å². The first-order chi connectivity index (χ1) is 10.7. The zero-order chi connectivity index (χ0) is 15.8. The molecule has 1 aromatic carbocycles. The highest BCUT2D eigenvalue weighted by Gasteiger charge is 2.15. The van der Waals surface area contributed by atoms with E-state index in [1.54, 1.807) is 7.11 Å². The van der Waals surface area contributed by atoms with E-state index in [4.69, 9.17) is 9.47 Å². The fourth-order valence-electron chi connectivity index (χ4n) is 2.46. The molecule has 0 radical (unpaired) electrons. The monoisotopic (exact) mass is 307 g/mol. The van der Waals surface area contributed by atoms with Gasteiger partial charge >= 0.3 is 0 Å². The molecule has 1 heterocycles. The Balaban J connectivity index is 1.89. The lowest BCUT2D eigenvalue weighted by molar-refractivity contribution is -0.118. The van der Waals surface area contributed by atoms with Crippen molar-refractivity contribution >= 4 is 11.6 Å². The number of morpholine rings is 1. The molecule has 22 heavy (non-hydrogen) atoms. The van der Waals surface area contributed by atoms with Gasteiger partial charge in [-0.3, -0.25) is 4.79 Å². The highest BCUT2D eigenvalue weighted by molar-refractivity contribution is 5.72. The Morgan fingerprint density at radius 3 is 2.77 bits per heavy atom. The van der Waals surface area contributed by atoms with Crippen molar-refractivity contribution in [2.75, 3.05) is 51.4 Å². The Morgan fingerprint density at radius 1 is 1.32 bits per heavy atom. The molecule has 0 saturated carbocycles. The molecule has 1 amide bonds. The summed E-state index contributed by atoms with van der Waals surface area (Å²) < 4.78 is 10.9. The molecule has 1 aliphatic rings. The number of hydrogen-bond donors (Lipinski definition) is 2. The number of nitrogens with one attached hydrogen (secondary N) is 2. The molecule has 0 bridgehead atoms. The van der Waals surface area contributed by atoms with Crippen LogP contribution in [0.2, 0.25) is 0 Å². The standard InChI is InChI=1S/C16H25N3O3/c1-13(20)18-6-5-17-12-14-3-4-15(16(11-14)21-2)19-7-9-22-10-8-19/h3-4,11,17H,5-10,12H2,1-2H3,(H,18,20). The third-order valence-corrected chi connectivity index (χ3v) is 3.60. The molecular formula is C16H25N3O3. The van der Waals surface area contributed by atoms with Gasteiger partial charge in [-0.1, -0.05) is 6.07 Å². The lowest BCUT2D eigenvalue weighted by Gasteiger charge is -2.30. The van der Waals surface area contributed by atoms with Crippen LogP contribution in [0.15, 0.2) is 18.2 Å². The molecule has 0 aliphatic carbocycles. The second kappa shape index (κ2) is 8.60. The number of benzene rings is 1. The van der Waals surface area contributed by atoms with Gasteiger partial charge in [0.25, 0.3) is 0 Å². The summed E-state index contributed by atoms with van der Waals surface area (Å²) in [6.07, 6.45) is 0. The number of amides is 1. The molecule has 1 aliphatic heterocycles. The van der Waals surface area contributed by atoms with Crippen LogP contribution in [0.25, 0.3) is 0 Å². The summed E-state index contributed by atoms with van der Waals surface area (Å²) in [5, 5.41) is 6.07. The summed E-state index contributed by atoms with van der Waals surface area (Å²) in [7, 11) is 1.70. The molecule has 2 N–H and O–H groups in total. The summed E-state index contributed by atoms with van der Waals surface area (Å²) in [6, 6.07) is 6.28. The average molecular weight is 307 g/mol. The number of carbonyl (C=O) groups excluding carboxylic acids is 1. The largest absolute Gasteiger partial charge is 0.495 e. The van der Waals surface area contributed by atoms with Crippen molar-refractivity contribution in [3.05, 3.63) is 23.8 Å². The lowest BCUT2D eigenvalue weighted by atomic mass is 10.1. The van der Waals surface area contributed by atoms with Gasteiger partial charge in [0.15, 0.2) is 0 Å². The van der Waals surface area contributed by atoms with Gasteiger partial charge in [0, 0.05) is 39.6 Å². The van der Waals surface area contributed by atoms with Gasteiger partial charge < -0.3 is 25.0 Å².